The van der Waals surface area contributed by atoms with Crippen LogP contribution in [0.4, 0.5) is 19.3 Å². The lowest BCUT2D eigenvalue weighted by atomic mass is 9.94. The summed E-state index contributed by atoms with van der Waals surface area (Å²) in [6.07, 6.45) is 1.19. The molecular weight excluding hydrogens is 426 g/mol. The van der Waals surface area contributed by atoms with Crippen LogP contribution in [0.3, 0.4) is 0 Å². The lowest BCUT2D eigenvalue weighted by Gasteiger charge is -2.24. The molecule has 0 saturated carbocycles. The van der Waals surface area contributed by atoms with Crippen molar-refractivity contribution in [2.24, 2.45) is 5.92 Å². The van der Waals surface area contributed by atoms with Gasteiger partial charge in [-0.05, 0) is 36.2 Å². The van der Waals surface area contributed by atoms with E-state index < -0.39 is 29.7 Å². The average molecular weight is 450 g/mol. The van der Waals surface area contributed by atoms with E-state index in [4.69, 9.17) is 19.8 Å². The number of ether oxygens (including phenoxy) is 2. The summed E-state index contributed by atoms with van der Waals surface area (Å²) in [7, 11) is 0. The van der Waals surface area contributed by atoms with E-state index in [-0.39, 0.29) is 24.8 Å². The Bertz CT molecular complexity index is 937. The Labute approximate surface area is 183 Å². The van der Waals surface area contributed by atoms with Crippen LogP contribution in [0.25, 0.3) is 0 Å². The molecule has 0 unspecified atom stereocenters. The lowest BCUT2D eigenvalue weighted by molar-refractivity contribution is -0.124. The van der Waals surface area contributed by atoms with E-state index >= 15 is 0 Å². The van der Waals surface area contributed by atoms with Gasteiger partial charge in [0.05, 0.1) is 12.3 Å². The van der Waals surface area contributed by atoms with Gasteiger partial charge in [0.15, 0.2) is 0 Å². The summed E-state index contributed by atoms with van der Waals surface area (Å²) in [5, 5.41) is 19.7. The van der Waals surface area contributed by atoms with Crippen molar-refractivity contribution >= 4 is 17.7 Å². The molecule has 2 aromatic rings. The van der Waals surface area contributed by atoms with Gasteiger partial charge in [-0.1, -0.05) is 25.1 Å². The van der Waals surface area contributed by atoms with E-state index in [1.807, 2.05) is 0 Å². The fourth-order valence-corrected chi connectivity index (χ4v) is 2.83. The van der Waals surface area contributed by atoms with Crippen LogP contribution in [0.1, 0.15) is 25.0 Å². The van der Waals surface area contributed by atoms with E-state index in [1.54, 1.807) is 31.2 Å². The van der Waals surface area contributed by atoms with Gasteiger partial charge in [0, 0.05) is 18.1 Å². The third-order valence-electron chi connectivity index (χ3n) is 4.37. The quantitative estimate of drug-likeness (QED) is 0.249. The molecule has 0 radical (unpaired) electrons. The number of hydrogen-bond acceptors (Lipinski definition) is 6. The number of aliphatic hydroxyl groups is 1. The number of anilines is 1. The van der Waals surface area contributed by atoms with Crippen molar-refractivity contribution in [3.63, 3.8) is 0 Å². The van der Waals surface area contributed by atoms with Crippen molar-refractivity contribution < 1.29 is 38.2 Å². The molecule has 0 heterocycles. The van der Waals surface area contributed by atoms with Crippen LogP contribution in [0.5, 0.6) is 5.75 Å². The summed E-state index contributed by atoms with van der Waals surface area (Å²) in [6, 6.07) is 9.33. The number of benzene rings is 2. The molecule has 2 amide bonds. The van der Waals surface area contributed by atoms with Gasteiger partial charge < -0.3 is 14.6 Å². The largest absolute Gasteiger partial charge is 0.491 e. The molecule has 0 saturated heterocycles. The topological polar surface area (TPSA) is 117 Å². The molecule has 172 valence electrons. The van der Waals surface area contributed by atoms with E-state index in [0.717, 1.165) is 18.2 Å². The van der Waals surface area contributed by atoms with Crippen molar-refractivity contribution in [3.05, 3.63) is 71.8 Å². The van der Waals surface area contributed by atoms with Crippen molar-refractivity contribution in [2.75, 3.05) is 18.5 Å². The number of allylic oxidation sites excluding steroid dienone is 1. The number of carbonyl (C=O) groups is 2. The molecule has 0 bridgehead atoms. The molecule has 0 fully saturated rings. The normalized spacial score (nSPS) is 12.8. The van der Waals surface area contributed by atoms with Crippen LogP contribution >= 0.6 is 0 Å². The van der Waals surface area contributed by atoms with Gasteiger partial charge in [-0.25, -0.2) is 19.1 Å². The van der Waals surface area contributed by atoms with Gasteiger partial charge in [0.2, 0.25) is 0 Å². The van der Waals surface area contributed by atoms with E-state index in [9.17, 15) is 18.4 Å². The highest BCUT2D eigenvalue weighted by Gasteiger charge is 2.24. The molecule has 2 aromatic carbocycles. The number of nitrogens with one attached hydrogen (secondary N) is 2. The molecule has 32 heavy (non-hydrogen) atoms. The Morgan fingerprint density at radius 3 is 2.50 bits per heavy atom. The highest BCUT2D eigenvalue weighted by atomic mass is 19.1. The van der Waals surface area contributed by atoms with Crippen molar-refractivity contribution in [1.29, 1.82) is 0 Å². The summed E-state index contributed by atoms with van der Waals surface area (Å²) in [5.41, 5.74) is 1.84. The van der Waals surface area contributed by atoms with Crippen molar-refractivity contribution in [2.45, 2.75) is 19.4 Å². The minimum atomic E-state index is -0.954. The molecule has 0 aromatic heterocycles. The SMILES string of the molecule is C[C@@H](C/C=C/C(=O)NO)[C@@H](OC(=O)Nc1ccc(F)cc1F)c1ccc(OCCO)cc1. The highest BCUT2D eigenvalue weighted by Crippen LogP contribution is 2.31. The van der Waals surface area contributed by atoms with Gasteiger partial charge in [-0.3, -0.25) is 15.3 Å². The molecule has 4 N–H and O–H groups in total. The van der Waals surface area contributed by atoms with E-state index in [1.165, 1.54) is 11.6 Å². The third kappa shape index (κ3) is 7.64. The molecule has 8 nitrogen and oxygen atoms in total. The number of hydrogen-bond donors (Lipinski definition) is 4. The van der Waals surface area contributed by atoms with Crippen LogP contribution in [0.2, 0.25) is 0 Å². The van der Waals surface area contributed by atoms with Gasteiger partial charge >= 0.3 is 6.09 Å². The molecule has 2 atom stereocenters. The first-order valence-corrected chi connectivity index (χ1v) is 9.71. The van der Waals surface area contributed by atoms with Crippen LogP contribution in [0.15, 0.2) is 54.6 Å². The van der Waals surface area contributed by atoms with Crippen molar-refractivity contribution in [3.8, 4) is 5.75 Å². The maximum Gasteiger partial charge on any atom is 0.412 e. The zero-order valence-electron chi connectivity index (χ0n) is 17.3. The number of rotatable bonds is 10. The number of halogens is 2. The zero-order chi connectivity index (χ0) is 23.5. The van der Waals surface area contributed by atoms with Gasteiger partial charge in [0.25, 0.3) is 5.91 Å². The first kappa shape index (κ1) is 24.8. The number of amides is 2. The van der Waals surface area contributed by atoms with Crippen LogP contribution < -0.4 is 15.5 Å². The monoisotopic (exact) mass is 450 g/mol. The summed E-state index contributed by atoms with van der Waals surface area (Å²) in [5.74, 6) is -2.26. The summed E-state index contributed by atoms with van der Waals surface area (Å²) >= 11 is 0. The summed E-state index contributed by atoms with van der Waals surface area (Å²) < 4.78 is 37.7. The van der Waals surface area contributed by atoms with Crippen molar-refractivity contribution in [1.82, 2.24) is 5.48 Å². The Hall–Kier alpha value is -3.50. The standard InChI is InChI=1S/C22H24F2N2O6/c1-14(3-2-4-20(28)26-30)21(15-5-8-17(9-6-15)31-12-11-27)32-22(29)25-19-10-7-16(23)13-18(19)24/h2,4-10,13-14,21,27,30H,3,11-12H2,1H3,(H,25,29)(H,26,28)/b4-2+/t14-,21+/m0/s1. The van der Waals surface area contributed by atoms with Crippen LogP contribution in [-0.2, 0) is 9.53 Å². The van der Waals surface area contributed by atoms with Gasteiger partial charge in [0.1, 0.15) is 30.1 Å². The maximum atomic E-state index is 13.8. The molecule has 2 rings (SSSR count). The molecule has 0 aliphatic rings. The first-order chi connectivity index (χ1) is 15.3. The lowest BCUT2D eigenvalue weighted by Crippen LogP contribution is -2.22. The van der Waals surface area contributed by atoms with Crippen LogP contribution in [0, 0.1) is 17.6 Å². The highest BCUT2D eigenvalue weighted by molar-refractivity contribution is 5.86. The minimum Gasteiger partial charge on any atom is -0.491 e. The molecule has 0 aliphatic carbocycles. The Morgan fingerprint density at radius 2 is 1.88 bits per heavy atom. The summed E-state index contributed by atoms with van der Waals surface area (Å²) in [4.78, 5) is 23.6. The van der Waals surface area contributed by atoms with E-state index in [2.05, 4.69) is 5.32 Å². The second-order valence-corrected chi connectivity index (χ2v) is 6.81. The molecule has 0 aliphatic heterocycles. The van der Waals surface area contributed by atoms with Gasteiger partial charge in [-0.15, -0.1) is 0 Å². The number of hydroxylamine groups is 1. The maximum absolute atomic E-state index is 13.8. The fourth-order valence-electron chi connectivity index (χ4n) is 2.83. The number of aliphatic hydroxyl groups excluding tert-OH is 1. The predicted octanol–water partition coefficient (Wildman–Crippen LogP) is 3.71. The fraction of sp³-hybridized carbons (Fsp3) is 0.273. The number of carbonyl (C=O) groups excluding carboxylic acids is 2. The molecule has 10 heteroatoms. The third-order valence-corrected chi connectivity index (χ3v) is 4.37. The molecular formula is C22H24F2N2O6. The van der Waals surface area contributed by atoms with Gasteiger partial charge in [-0.2, -0.15) is 0 Å². The summed E-state index contributed by atoms with van der Waals surface area (Å²) in [6.45, 7) is 1.76. The minimum absolute atomic E-state index is 0.124. The van der Waals surface area contributed by atoms with Crippen LogP contribution in [-0.4, -0.2) is 35.5 Å². The predicted molar refractivity (Wildman–Crippen MR) is 111 cm³/mol. The second kappa shape index (κ2) is 12.4. The Morgan fingerprint density at radius 1 is 1.16 bits per heavy atom. The zero-order valence-corrected chi connectivity index (χ0v) is 17.3. The Kier molecular flexibility index (Phi) is 9.58. The van der Waals surface area contributed by atoms with E-state index in [0.29, 0.717) is 23.8 Å². The average Bonchev–Trinajstić information content (AvgIpc) is 2.78. The smallest absolute Gasteiger partial charge is 0.412 e. The Balaban J connectivity index is 2.17. The second-order valence-electron chi connectivity index (χ2n) is 6.81. The molecule has 0 spiro atoms. The first-order valence-electron chi connectivity index (χ1n) is 9.71.